The fraction of sp³-hybridized carbons (Fsp3) is 0.250. The summed E-state index contributed by atoms with van der Waals surface area (Å²) >= 11 is 0. The van der Waals surface area contributed by atoms with E-state index in [2.05, 4.69) is 72.9 Å². The van der Waals surface area contributed by atoms with E-state index in [1.165, 1.54) is 16.8 Å². The van der Waals surface area contributed by atoms with Gasteiger partial charge in [-0.15, -0.1) is 0 Å². The van der Waals surface area contributed by atoms with Gasteiger partial charge in [0.15, 0.2) is 0 Å². The quantitative estimate of drug-likeness (QED) is 0.350. The molecule has 0 unspecified atom stereocenters. The number of benzene rings is 3. The van der Waals surface area contributed by atoms with Crippen molar-refractivity contribution in [1.82, 2.24) is 0 Å². The first kappa shape index (κ1) is 19.6. The average molecular weight is 409 g/mol. The molecule has 0 saturated carbocycles. The number of allylic oxidation sites excluding steroid dienone is 2. The molecule has 3 atom stereocenters. The number of aliphatic imine (C=N–C) groups is 1. The van der Waals surface area contributed by atoms with Gasteiger partial charge in [-0.25, -0.2) is 0 Å². The molecule has 3 nitrogen and oxygen atoms in total. The highest BCUT2D eigenvalue weighted by Crippen LogP contribution is 2.49. The van der Waals surface area contributed by atoms with E-state index in [4.69, 9.17) is 9.73 Å². The second kappa shape index (κ2) is 8.81. The van der Waals surface area contributed by atoms with E-state index < -0.39 is 0 Å². The monoisotopic (exact) mass is 408 g/mol. The van der Waals surface area contributed by atoms with Crippen LogP contribution in [0.2, 0.25) is 0 Å². The molecule has 0 radical (unpaired) electrons. The summed E-state index contributed by atoms with van der Waals surface area (Å²) in [6.07, 6.45) is 8.72. The maximum absolute atomic E-state index is 5.84. The zero-order valence-corrected chi connectivity index (χ0v) is 17.9. The van der Waals surface area contributed by atoms with Crippen molar-refractivity contribution in [3.63, 3.8) is 0 Å². The smallest absolute Gasteiger partial charge is 0.128 e. The van der Waals surface area contributed by atoms with Crippen molar-refractivity contribution >= 4 is 17.6 Å². The van der Waals surface area contributed by atoms with E-state index in [0.29, 0.717) is 24.5 Å². The van der Waals surface area contributed by atoms with Gasteiger partial charge in [0.05, 0.1) is 18.3 Å². The molecule has 1 N–H and O–H groups in total. The van der Waals surface area contributed by atoms with Gasteiger partial charge >= 0.3 is 0 Å². The summed E-state index contributed by atoms with van der Waals surface area (Å²) in [6.45, 7) is 2.83. The van der Waals surface area contributed by atoms with Crippen molar-refractivity contribution in [2.45, 2.75) is 31.7 Å². The van der Waals surface area contributed by atoms with E-state index >= 15 is 0 Å². The lowest BCUT2D eigenvalue weighted by Crippen LogP contribution is -2.28. The zero-order chi connectivity index (χ0) is 21.0. The number of hydrogen-bond donors (Lipinski definition) is 1. The first-order valence-electron chi connectivity index (χ1n) is 11.2. The van der Waals surface area contributed by atoms with E-state index in [-0.39, 0.29) is 0 Å². The third-order valence-corrected chi connectivity index (χ3v) is 6.26. The highest BCUT2D eigenvalue weighted by Gasteiger charge is 2.37. The SMILES string of the molecule is CCCOc1ccccc1C=Nc1ccc([C@@H]2Nc3ccccc3[C@@H]3C=CC[C@@H]32)cc1. The molecule has 0 bridgehead atoms. The molecule has 31 heavy (non-hydrogen) atoms. The summed E-state index contributed by atoms with van der Waals surface area (Å²) in [5.41, 5.74) is 5.95. The number of nitrogens with one attached hydrogen (secondary N) is 1. The average Bonchev–Trinajstić information content (AvgIpc) is 3.32. The Morgan fingerprint density at radius 2 is 1.81 bits per heavy atom. The van der Waals surface area contributed by atoms with Crippen LogP contribution in [0, 0.1) is 5.92 Å². The lowest BCUT2D eigenvalue weighted by molar-refractivity contribution is 0.317. The van der Waals surface area contributed by atoms with Gasteiger partial charge in [0.2, 0.25) is 0 Å². The maximum Gasteiger partial charge on any atom is 0.128 e. The molecule has 0 fully saturated rings. The number of ether oxygens (including phenoxy) is 1. The van der Waals surface area contributed by atoms with Gasteiger partial charge in [-0.1, -0.05) is 61.5 Å². The highest BCUT2D eigenvalue weighted by atomic mass is 16.5. The van der Waals surface area contributed by atoms with Gasteiger partial charge in [-0.3, -0.25) is 4.99 Å². The minimum absolute atomic E-state index is 0.316. The standard InChI is InChI=1S/C28H28N2O/c1-2-18-31-27-13-6-3-8-21(27)19-29-22-16-14-20(15-17-22)28-25-11-7-10-23(25)24-9-4-5-12-26(24)30-28/h3-10,12-17,19,23,25,28,30H,2,11,18H2,1H3/t23-,25-,28-/m0/s1. The van der Waals surface area contributed by atoms with Crippen molar-refractivity contribution < 1.29 is 4.74 Å². The molecular formula is C28H28N2O. The summed E-state index contributed by atoms with van der Waals surface area (Å²) in [6, 6.07) is 25.7. The largest absolute Gasteiger partial charge is 0.493 e. The van der Waals surface area contributed by atoms with Crippen molar-refractivity contribution in [3.05, 3.63) is 102 Å². The molecule has 0 aromatic heterocycles. The Kier molecular flexibility index (Phi) is 5.57. The minimum atomic E-state index is 0.316. The van der Waals surface area contributed by atoms with Crippen LogP contribution in [0.1, 0.15) is 48.4 Å². The Morgan fingerprint density at radius 3 is 2.68 bits per heavy atom. The molecule has 1 aliphatic heterocycles. The Bertz CT molecular complexity index is 1100. The minimum Gasteiger partial charge on any atom is -0.493 e. The molecule has 0 spiro atoms. The van der Waals surface area contributed by atoms with Crippen LogP contribution in [-0.4, -0.2) is 12.8 Å². The van der Waals surface area contributed by atoms with Gasteiger partial charge < -0.3 is 10.1 Å². The lowest BCUT2D eigenvalue weighted by Gasteiger charge is -2.37. The molecule has 1 heterocycles. The zero-order valence-electron chi connectivity index (χ0n) is 17.9. The van der Waals surface area contributed by atoms with E-state index in [0.717, 1.165) is 29.8 Å². The Balaban J connectivity index is 1.35. The van der Waals surface area contributed by atoms with Crippen LogP contribution in [0.5, 0.6) is 5.75 Å². The van der Waals surface area contributed by atoms with Crippen LogP contribution in [0.25, 0.3) is 0 Å². The normalized spacial score (nSPS) is 21.5. The Morgan fingerprint density at radius 1 is 1.00 bits per heavy atom. The second-order valence-electron chi connectivity index (χ2n) is 8.30. The van der Waals surface area contributed by atoms with Gasteiger partial charge in [0, 0.05) is 23.4 Å². The number of nitrogens with zero attached hydrogens (tertiary/aromatic N) is 1. The van der Waals surface area contributed by atoms with Crippen LogP contribution >= 0.6 is 0 Å². The third kappa shape index (κ3) is 4.00. The molecule has 156 valence electrons. The van der Waals surface area contributed by atoms with Gasteiger partial charge in [-0.2, -0.15) is 0 Å². The number of hydrogen-bond acceptors (Lipinski definition) is 3. The summed E-state index contributed by atoms with van der Waals surface area (Å²) < 4.78 is 5.84. The summed E-state index contributed by atoms with van der Waals surface area (Å²) in [5, 5.41) is 3.79. The van der Waals surface area contributed by atoms with Crippen molar-refractivity contribution in [3.8, 4) is 5.75 Å². The Labute approximate surface area is 184 Å². The molecule has 0 saturated heterocycles. The van der Waals surface area contributed by atoms with E-state index in [9.17, 15) is 0 Å². The van der Waals surface area contributed by atoms with Crippen molar-refractivity contribution in [2.24, 2.45) is 10.9 Å². The third-order valence-electron chi connectivity index (χ3n) is 6.26. The predicted octanol–water partition coefficient (Wildman–Crippen LogP) is 7.05. The summed E-state index contributed by atoms with van der Waals surface area (Å²) in [7, 11) is 0. The maximum atomic E-state index is 5.84. The first-order chi connectivity index (χ1) is 15.3. The molecule has 5 rings (SSSR count). The van der Waals surface area contributed by atoms with Crippen LogP contribution in [0.15, 0.2) is 89.9 Å². The predicted molar refractivity (Wildman–Crippen MR) is 129 cm³/mol. The van der Waals surface area contributed by atoms with Crippen LogP contribution < -0.4 is 10.1 Å². The molecular weight excluding hydrogens is 380 g/mol. The first-order valence-corrected chi connectivity index (χ1v) is 11.2. The molecule has 3 aromatic carbocycles. The molecule has 0 amide bonds. The fourth-order valence-electron chi connectivity index (χ4n) is 4.72. The van der Waals surface area contributed by atoms with Crippen LogP contribution in [0.3, 0.4) is 0 Å². The summed E-state index contributed by atoms with van der Waals surface area (Å²) in [5.74, 6) is 1.95. The van der Waals surface area contributed by atoms with Gasteiger partial charge in [0.1, 0.15) is 5.75 Å². The topological polar surface area (TPSA) is 33.6 Å². The van der Waals surface area contributed by atoms with Gasteiger partial charge in [0.25, 0.3) is 0 Å². The highest BCUT2D eigenvalue weighted by molar-refractivity contribution is 5.85. The van der Waals surface area contributed by atoms with Crippen molar-refractivity contribution in [2.75, 3.05) is 11.9 Å². The van der Waals surface area contributed by atoms with E-state index in [1.807, 2.05) is 30.5 Å². The molecule has 3 heteroatoms. The number of anilines is 1. The second-order valence-corrected chi connectivity index (χ2v) is 8.30. The fourth-order valence-corrected chi connectivity index (χ4v) is 4.72. The van der Waals surface area contributed by atoms with Crippen LogP contribution in [-0.2, 0) is 0 Å². The lowest BCUT2D eigenvalue weighted by atomic mass is 9.77. The number of para-hydroxylation sites is 2. The number of rotatable bonds is 6. The molecule has 3 aromatic rings. The van der Waals surface area contributed by atoms with Crippen LogP contribution in [0.4, 0.5) is 11.4 Å². The molecule has 1 aliphatic carbocycles. The Hall–Kier alpha value is -3.33. The van der Waals surface area contributed by atoms with Crippen molar-refractivity contribution in [1.29, 1.82) is 0 Å². The molecule has 2 aliphatic rings. The summed E-state index contributed by atoms with van der Waals surface area (Å²) in [4.78, 5) is 4.70. The number of fused-ring (bicyclic) bond motifs is 3. The van der Waals surface area contributed by atoms with Gasteiger partial charge in [-0.05, 0) is 60.2 Å². The van der Waals surface area contributed by atoms with E-state index in [1.54, 1.807) is 0 Å².